The monoisotopic (exact) mass is 303 g/mol. The molecule has 0 fully saturated rings. The molecule has 0 radical (unpaired) electrons. The van der Waals surface area contributed by atoms with E-state index < -0.39 is 0 Å². The van der Waals surface area contributed by atoms with Gasteiger partial charge in [-0.1, -0.05) is 30.3 Å². The van der Waals surface area contributed by atoms with Crippen LogP contribution in [0.3, 0.4) is 0 Å². The first-order valence-electron chi connectivity index (χ1n) is 6.98. The summed E-state index contributed by atoms with van der Waals surface area (Å²) in [5.41, 5.74) is 4.22. The summed E-state index contributed by atoms with van der Waals surface area (Å²) < 4.78 is 1.83. The average Bonchev–Trinajstić information content (AvgIpc) is 2.71. The molecule has 0 spiro atoms. The Hall–Kier alpha value is -1.75. The van der Waals surface area contributed by atoms with Crippen molar-refractivity contribution in [2.45, 2.75) is 32.1 Å². The fourth-order valence-corrected chi connectivity index (χ4v) is 2.60. The summed E-state index contributed by atoms with van der Waals surface area (Å²) in [6.45, 7) is 4.45. The van der Waals surface area contributed by atoms with Crippen LogP contribution < -0.4 is 5.32 Å². The summed E-state index contributed by atoms with van der Waals surface area (Å²) in [6.07, 6.45) is 0.626. The van der Waals surface area contributed by atoms with E-state index in [-0.39, 0.29) is 11.2 Å². The van der Waals surface area contributed by atoms with E-state index in [1.165, 1.54) is 0 Å². The molecule has 1 amide bonds. The second-order valence-corrected chi connectivity index (χ2v) is 5.82. The van der Waals surface area contributed by atoms with E-state index >= 15 is 0 Å². The van der Waals surface area contributed by atoms with Gasteiger partial charge in [-0.25, -0.2) is 0 Å². The van der Waals surface area contributed by atoms with Crippen LogP contribution in [0.25, 0.3) is 0 Å². The molecule has 0 bridgehead atoms. The number of carbonyl (C=O) groups is 1. The number of aromatic nitrogens is 2. The molecule has 0 saturated heterocycles. The number of rotatable bonds is 5. The Morgan fingerprint density at radius 1 is 1.33 bits per heavy atom. The minimum atomic E-state index is -0.343. The zero-order valence-corrected chi connectivity index (χ0v) is 13.5. The zero-order chi connectivity index (χ0) is 15.4. The third kappa shape index (κ3) is 3.88. The highest BCUT2D eigenvalue weighted by Gasteiger charge is 2.16. The first kappa shape index (κ1) is 15.6. The zero-order valence-electron chi connectivity index (χ0n) is 12.6. The first-order valence-corrected chi connectivity index (χ1v) is 7.49. The molecule has 0 aliphatic rings. The molecular weight excluding hydrogens is 282 g/mol. The van der Waals surface area contributed by atoms with Crippen LogP contribution in [-0.4, -0.2) is 20.9 Å². The average molecular weight is 303 g/mol. The smallest absolute Gasteiger partial charge is 0.233 e. The van der Waals surface area contributed by atoms with Gasteiger partial charge in [0.15, 0.2) is 0 Å². The minimum absolute atomic E-state index is 0.0511. The molecule has 1 atom stereocenters. The van der Waals surface area contributed by atoms with E-state index in [0.29, 0.717) is 13.0 Å². The maximum Gasteiger partial charge on any atom is 0.233 e. The van der Waals surface area contributed by atoms with Crippen LogP contribution in [0.1, 0.15) is 22.5 Å². The summed E-state index contributed by atoms with van der Waals surface area (Å²) in [5, 5.41) is 6.95. The lowest BCUT2D eigenvalue weighted by Gasteiger charge is -2.12. The van der Waals surface area contributed by atoms with Gasteiger partial charge in [0, 0.05) is 24.8 Å². The van der Waals surface area contributed by atoms with Crippen molar-refractivity contribution >= 4 is 18.5 Å². The number of hydrogen-bond donors (Lipinski definition) is 2. The van der Waals surface area contributed by atoms with E-state index in [1.54, 1.807) is 0 Å². The summed E-state index contributed by atoms with van der Waals surface area (Å²) in [4.78, 5) is 12.1. The molecule has 1 aromatic carbocycles. The Morgan fingerprint density at radius 2 is 2.00 bits per heavy atom. The molecule has 1 heterocycles. The molecule has 2 aromatic rings. The number of nitrogens with one attached hydrogen (secondary N) is 1. The highest BCUT2D eigenvalue weighted by molar-refractivity contribution is 7.81. The quantitative estimate of drug-likeness (QED) is 0.832. The number of amides is 1. The molecule has 1 N–H and O–H groups in total. The van der Waals surface area contributed by atoms with Gasteiger partial charge in [-0.05, 0) is 25.8 Å². The van der Waals surface area contributed by atoms with Gasteiger partial charge < -0.3 is 5.32 Å². The van der Waals surface area contributed by atoms with Gasteiger partial charge in [-0.2, -0.15) is 17.7 Å². The molecule has 4 nitrogen and oxygen atoms in total. The lowest BCUT2D eigenvalue weighted by molar-refractivity contribution is -0.120. The van der Waals surface area contributed by atoms with E-state index in [4.69, 9.17) is 0 Å². The van der Waals surface area contributed by atoms with Crippen molar-refractivity contribution < 1.29 is 4.79 Å². The molecule has 2 rings (SSSR count). The SMILES string of the molecule is Cc1nn(C)c(C)c1CNC(=O)C(S)Cc1ccccc1. The Bertz CT molecular complexity index is 622. The van der Waals surface area contributed by atoms with Crippen molar-refractivity contribution in [1.29, 1.82) is 0 Å². The van der Waals surface area contributed by atoms with Crippen molar-refractivity contribution in [3.05, 3.63) is 52.8 Å². The summed E-state index contributed by atoms with van der Waals surface area (Å²) >= 11 is 4.41. The topological polar surface area (TPSA) is 46.9 Å². The highest BCUT2D eigenvalue weighted by atomic mass is 32.1. The standard InChI is InChI=1S/C16H21N3OS/c1-11-14(12(2)19(3)18-11)10-17-16(20)15(21)9-13-7-5-4-6-8-13/h4-8,15,21H,9-10H2,1-3H3,(H,17,20). The van der Waals surface area contributed by atoms with E-state index in [1.807, 2.05) is 55.9 Å². The Balaban J connectivity index is 1.92. The van der Waals surface area contributed by atoms with Gasteiger partial charge >= 0.3 is 0 Å². The molecule has 1 unspecified atom stereocenters. The fraction of sp³-hybridized carbons (Fsp3) is 0.375. The van der Waals surface area contributed by atoms with Crippen molar-refractivity contribution in [2.24, 2.45) is 7.05 Å². The molecule has 1 aromatic heterocycles. The summed E-state index contributed by atoms with van der Waals surface area (Å²) in [5.74, 6) is -0.0511. The number of nitrogens with zero attached hydrogens (tertiary/aromatic N) is 2. The predicted octanol–water partition coefficient (Wildman–Crippen LogP) is 2.19. The van der Waals surface area contributed by atoms with Crippen LogP contribution in [0.2, 0.25) is 0 Å². The second-order valence-electron chi connectivity index (χ2n) is 5.20. The van der Waals surface area contributed by atoms with Gasteiger partial charge in [0.25, 0.3) is 0 Å². The summed E-state index contributed by atoms with van der Waals surface area (Å²) in [6, 6.07) is 9.91. The second kappa shape index (κ2) is 6.80. The molecule has 0 aliphatic carbocycles. The van der Waals surface area contributed by atoms with Crippen LogP contribution in [0.5, 0.6) is 0 Å². The van der Waals surface area contributed by atoms with Crippen LogP contribution >= 0.6 is 12.6 Å². The number of hydrogen-bond acceptors (Lipinski definition) is 3. The largest absolute Gasteiger partial charge is 0.351 e. The number of carbonyl (C=O) groups excluding carboxylic acids is 1. The van der Waals surface area contributed by atoms with E-state index in [2.05, 4.69) is 23.0 Å². The molecule has 112 valence electrons. The van der Waals surface area contributed by atoms with Crippen LogP contribution in [0.15, 0.2) is 30.3 Å². The van der Waals surface area contributed by atoms with Gasteiger partial charge in [0.05, 0.1) is 10.9 Å². The van der Waals surface area contributed by atoms with Crippen molar-refractivity contribution in [3.8, 4) is 0 Å². The normalized spacial score (nSPS) is 12.2. The van der Waals surface area contributed by atoms with Gasteiger partial charge in [0.2, 0.25) is 5.91 Å². The Labute approximate surface area is 131 Å². The Kier molecular flexibility index (Phi) is 5.07. The fourth-order valence-electron chi connectivity index (χ4n) is 2.30. The van der Waals surface area contributed by atoms with Gasteiger partial charge in [-0.3, -0.25) is 9.48 Å². The van der Waals surface area contributed by atoms with E-state index in [0.717, 1.165) is 22.5 Å². The van der Waals surface area contributed by atoms with Crippen molar-refractivity contribution in [3.63, 3.8) is 0 Å². The lowest BCUT2D eigenvalue weighted by Crippen LogP contribution is -2.32. The minimum Gasteiger partial charge on any atom is -0.351 e. The predicted molar refractivity (Wildman–Crippen MR) is 87.4 cm³/mol. The third-order valence-electron chi connectivity index (χ3n) is 3.67. The molecule has 21 heavy (non-hydrogen) atoms. The summed E-state index contributed by atoms with van der Waals surface area (Å²) in [7, 11) is 1.91. The van der Waals surface area contributed by atoms with Crippen molar-refractivity contribution in [1.82, 2.24) is 15.1 Å². The number of benzene rings is 1. The molecule has 5 heteroatoms. The Morgan fingerprint density at radius 3 is 2.57 bits per heavy atom. The highest BCUT2D eigenvalue weighted by Crippen LogP contribution is 2.12. The van der Waals surface area contributed by atoms with Gasteiger partial charge in [-0.15, -0.1) is 0 Å². The molecule has 0 aliphatic heterocycles. The first-order chi connectivity index (χ1) is 9.99. The molecule has 0 saturated carbocycles. The number of thiol groups is 1. The van der Waals surface area contributed by atoms with Gasteiger partial charge in [0.1, 0.15) is 0 Å². The van der Waals surface area contributed by atoms with Crippen LogP contribution in [-0.2, 0) is 24.8 Å². The van der Waals surface area contributed by atoms with Crippen LogP contribution in [0.4, 0.5) is 0 Å². The van der Waals surface area contributed by atoms with Crippen molar-refractivity contribution in [2.75, 3.05) is 0 Å². The maximum atomic E-state index is 12.1. The molecular formula is C16H21N3OS. The van der Waals surface area contributed by atoms with Crippen LogP contribution in [0, 0.1) is 13.8 Å². The van der Waals surface area contributed by atoms with E-state index in [9.17, 15) is 4.79 Å². The third-order valence-corrected chi connectivity index (χ3v) is 4.09. The lowest BCUT2D eigenvalue weighted by atomic mass is 10.1. The maximum absolute atomic E-state index is 12.1. The number of aryl methyl sites for hydroxylation is 2.